The Morgan fingerprint density at radius 3 is 2.93 bits per heavy atom. The van der Waals surface area contributed by atoms with Gasteiger partial charge in [-0.3, -0.25) is 4.68 Å². The van der Waals surface area contributed by atoms with Crippen molar-refractivity contribution in [3.05, 3.63) is 18.0 Å². The molecule has 0 aliphatic rings. The van der Waals surface area contributed by atoms with Crippen LogP contribution < -0.4 is 5.32 Å². The van der Waals surface area contributed by atoms with Crippen molar-refractivity contribution in [3.63, 3.8) is 0 Å². The molecule has 0 spiro atoms. The lowest BCUT2D eigenvalue weighted by atomic mass is 10.2. The Kier molecular flexibility index (Phi) is 4.66. The van der Waals surface area contributed by atoms with Crippen LogP contribution in [0.15, 0.2) is 12.3 Å². The normalized spacial score (nSPS) is 13.1. The van der Waals surface area contributed by atoms with E-state index in [0.29, 0.717) is 6.04 Å². The topological polar surface area (TPSA) is 29.9 Å². The zero-order chi connectivity index (χ0) is 10.4. The van der Waals surface area contributed by atoms with Crippen LogP contribution in [-0.2, 0) is 6.54 Å². The highest BCUT2D eigenvalue weighted by molar-refractivity contribution is 5.01. The molecule has 80 valence electrons. The maximum Gasteiger partial charge on any atom is 0.0525 e. The molecule has 0 saturated carbocycles. The molecule has 1 atom stereocenters. The molecule has 0 aromatic carbocycles. The maximum atomic E-state index is 4.34. The first-order valence-corrected chi connectivity index (χ1v) is 5.52. The summed E-state index contributed by atoms with van der Waals surface area (Å²) in [5, 5.41) is 7.74. The van der Waals surface area contributed by atoms with E-state index in [4.69, 9.17) is 0 Å². The maximum absolute atomic E-state index is 4.34. The van der Waals surface area contributed by atoms with Crippen LogP contribution in [0.4, 0.5) is 0 Å². The molecule has 0 bridgehead atoms. The molecule has 0 aliphatic carbocycles. The number of nitrogens with one attached hydrogen (secondary N) is 1. The molecule has 0 saturated heterocycles. The fourth-order valence-corrected chi connectivity index (χ4v) is 1.44. The van der Waals surface area contributed by atoms with Crippen molar-refractivity contribution in [3.8, 4) is 0 Å². The average molecular weight is 195 g/mol. The predicted octanol–water partition coefficient (Wildman–Crippen LogP) is 2.35. The van der Waals surface area contributed by atoms with Crippen molar-refractivity contribution >= 4 is 0 Å². The van der Waals surface area contributed by atoms with E-state index in [0.717, 1.165) is 19.5 Å². The summed E-state index contributed by atoms with van der Waals surface area (Å²) in [6.07, 6.45) is 4.19. The van der Waals surface area contributed by atoms with E-state index >= 15 is 0 Å². The summed E-state index contributed by atoms with van der Waals surface area (Å²) in [6.45, 7) is 8.58. The SMILES string of the molecule is CCCNCc1ccnn1[C@@H](C)CC. The van der Waals surface area contributed by atoms with Crippen LogP contribution in [0.25, 0.3) is 0 Å². The van der Waals surface area contributed by atoms with Gasteiger partial charge >= 0.3 is 0 Å². The van der Waals surface area contributed by atoms with Crippen LogP contribution in [0.1, 0.15) is 45.3 Å². The second kappa shape index (κ2) is 5.81. The van der Waals surface area contributed by atoms with Gasteiger partial charge in [-0.2, -0.15) is 5.10 Å². The van der Waals surface area contributed by atoms with E-state index in [1.807, 2.05) is 6.20 Å². The molecule has 3 nitrogen and oxygen atoms in total. The molecule has 1 aromatic heterocycles. The van der Waals surface area contributed by atoms with Crippen molar-refractivity contribution in [2.45, 2.75) is 46.2 Å². The van der Waals surface area contributed by atoms with Gasteiger partial charge in [0.25, 0.3) is 0 Å². The number of hydrogen-bond donors (Lipinski definition) is 1. The Morgan fingerprint density at radius 1 is 1.50 bits per heavy atom. The molecule has 1 aromatic rings. The van der Waals surface area contributed by atoms with Crippen LogP contribution in [0.3, 0.4) is 0 Å². The molecular weight excluding hydrogens is 174 g/mol. The summed E-state index contributed by atoms with van der Waals surface area (Å²) < 4.78 is 2.11. The van der Waals surface area contributed by atoms with Gasteiger partial charge in [0.1, 0.15) is 0 Å². The third kappa shape index (κ3) is 2.84. The van der Waals surface area contributed by atoms with Crippen LogP contribution in [-0.4, -0.2) is 16.3 Å². The van der Waals surface area contributed by atoms with Crippen molar-refractivity contribution in [1.29, 1.82) is 0 Å². The van der Waals surface area contributed by atoms with E-state index in [1.54, 1.807) is 0 Å². The van der Waals surface area contributed by atoms with Crippen LogP contribution in [0.5, 0.6) is 0 Å². The molecule has 0 amide bonds. The van der Waals surface area contributed by atoms with E-state index in [-0.39, 0.29) is 0 Å². The molecule has 1 rings (SSSR count). The predicted molar refractivity (Wildman–Crippen MR) is 59.2 cm³/mol. The van der Waals surface area contributed by atoms with Crippen molar-refractivity contribution in [1.82, 2.24) is 15.1 Å². The molecule has 3 heteroatoms. The van der Waals surface area contributed by atoms with Crippen molar-refractivity contribution in [2.24, 2.45) is 0 Å². The Balaban J connectivity index is 2.53. The van der Waals surface area contributed by atoms with Gasteiger partial charge in [-0.15, -0.1) is 0 Å². The van der Waals surface area contributed by atoms with Gasteiger partial charge < -0.3 is 5.32 Å². The second-order valence-electron chi connectivity index (χ2n) is 3.70. The number of hydrogen-bond acceptors (Lipinski definition) is 2. The summed E-state index contributed by atoms with van der Waals surface area (Å²) >= 11 is 0. The van der Waals surface area contributed by atoms with Gasteiger partial charge in [0, 0.05) is 18.8 Å². The smallest absolute Gasteiger partial charge is 0.0525 e. The molecule has 0 radical (unpaired) electrons. The largest absolute Gasteiger partial charge is 0.311 e. The lowest BCUT2D eigenvalue weighted by Crippen LogP contribution is -2.18. The second-order valence-corrected chi connectivity index (χ2v) is 3.70. The molecule has 1 N–H and O–H groups in total. The monoisotopic (exact) mass is 195 g/mol. The Bertz CT molecular complexity index is 255. The number of rotatable bonds is 6. The van der Waals surface area contributed by atoms with Crippen molar-refractivity contribution in [2.75, 3.05) is 6.54 Å². The molecule has 0 aliphatic heterocycles. The van der Waals surface area contributed by atoms with Gasteiger partial charge in [-0.1, -0.05) is 13.8 Å². The number of nitrogens with zero attached hydrogens (tertiary/aromatic N) is 2. The lowest BCUT2D eigenvalue weighted by molar-refractivity contribution is 0.452. The highest BCUT2D eigenvalue weighted by atomic mass is 15.3. The van der Waals surface area contributed by atoms with Gasteiger partial charge in [-0.05, 0) is 32.4 Å². The van der Waals surface area contributed by atoms with Crippen LogP contribution in [0, 0.1) is 0 Å². The van der Waals surface area contributed by atoms with Gasteiger partial charge in [0.2, 0.25) is 0 Å². The first-order valence-electron chi connectivity index (χ1n) is 5.52. The fourth-order valence-electron chi connectivity index (χ4n) is 1.44. The van der Waals surface area contributed by atoms with Gasteiger partial charge in [0.05, 0.1) is 5.69 Å². The van der Waals surface area contributed by atoms with E-state index in [9.17, 15) is 0 Å². The fraction of sp³-hybridized carbons (Fsp3) is 0.727. The Labute approximate surface area is 86.5 Å². The third-order valence-corrected chi connectivity index (χ3v) is 2.49. The van der Waals surface area contributed by atoms with Crippen LogP contribution >= 0.6 is 0 Å². The first kappa shape index (κ1) is 11.2. The Morgan fingerprint density at radius 2 is 2.29 bits per heavy atom. The summed E-state index contributed by atoms with van der Waals surface area (Å²) in [6, 6.07) is 2.60. The van der Waals surface area contributed by atoms with E-state index in [1.165, 1.54) is 12.1 Å². The molecule has 0 unspecified atom stereocenters. The van der Waals surface area contributed by atoms with Crippen LogP contribution in [0.2, 0.25) is 0 Å². The van der Waals surface area contributed by atoms with E-state index < -0.39 is 0 Å². The van der Waals surface area contributed by atoms with Gasteiger partial charge in [-0.25, -0.2) is 0 Å². The minimum atomic E-state index is 0.503. The summed E-state index contributed by atoms with van der Waals surface area (Å²) in [4.78, 5) is 0. The van der Waals surface area contributed by atoms with Crippen molar-refractivity contribution < 1.29 is 0 Å². The molecular formula is C11H21N3. The average Bonchev–Trinajstić information content (AvgIpc) is 2.65. The zero-order valence-electron chi connectivity index (χ0n) is 9.45. The minimum Gasteiger partial charge on any atom is -0.311 e. The zero-order valence-corrected chi connectivity index (χ0v) is 9.45. The summed E-state index contributed by atoms with van der Waals surface area (Å²) in [7, 11) is 0. The quantitative estimate of drug-likeness (QED) is 0.706. The summed E-state index contributed by atoms with van der Waals surface area (Å²) in [5.41, 5.74) is 1.28. The lowest BCUT2D eigenvalue weighted by Gasteiger charge is -2.13. The first-order chi connectivity index (χ1) is 6.79. The highest BCUT2D eigenvalue weighted by Crippen LogP contribution is 2.11. The standard InChI is InChI=1S/C11H21N3/c1-4-7-12-9-11-6-8-13-14(11)10(3)5-2/h6,8,10,12H,4-5,7,9H2,1-3H3/t10-/m0/s1. The minimum absolute atomic E-state index is 0.503. The highest BCUT2D eigenvalue weighted by Gasteiger charge is 2.06. The molecule has 14 heavy (non-hydrogen) atoms. The molecule has 0 fully saturated rings. The molecule has 1 heterocycles. The number of aromatic nitrogens is 2. The van der Waals surface area contributed by atoms with Gasteiger partial charge in [0.15, 0.2) is 0 Å². The third-order valence-electron chi connectivity index (χ3n) is 2.49. The summed E-state index contributed by atoms with van der Waals surface area (Å²) in [5.74, 6) is 0. The van der Waals surface area contributed by atoms with E-state index in [2.05, 4.69) is 41.9 Å². The Hall–Kier alpha value is -0.830.